The second-order valence-electron chi connectivity index (χ2n) is 6.75. The van der Waals surface area contributed by atoms with Gasteiger partial charge in [-0.05, 0) is 24.7 Å². The second kappa shape index (κ2) is 11.0. The first-order valence-corrected chi connectivity index (χ1v) is 8.48. The highest BCUT2D eigenvalue weighted by Crippen LogP contribution is 2.10. The topological polar surface area (TPSA) is 43.8 Å². The van der Waals surface area contributed by atoms with Crippen LogP contribution in [0, 0.1) is 11.8 Å². The number of hydrogen-bond acceptors (Lipinski definition) is 3. The molecule has 126 valence electrons. The van der Waals surface area contributed by atoms with Crippen LogP contribution >= 0.6 is 0 Å². The van der Waals surface area contributed by atoms with Crippen molar-refractivity contribution in [3.8, 4) is 0 Å². The van der Waals surface area contributed by atoms with E-state index in [1.165, 1.54) is 0 Å². The van der Waals surface area contributed by atoms with E-state index in [0.29, 0.717) is 31.0 Å². The van der Waals surface area contributed by atoms with Crippen LogP contribution < -0.4 is 0 Å². The molecular formula is C17H36N2O2. The number of amides is 1. The third-order valence-corrected chi connectivity index (χ3v) is 3.71. The van der Waals surface area contributed by atoms with Crippen LogP contribution in [0.1, 0.15) is 54.4 Å². The molecule has 0 saturated heterocycles. The lowest BCUT2D eigenvalue weighted by molar-refractivity contribution is -0.134. The van der Waals surface area contributed by atoms with Crippen molar-refractivity contribution in [3.05, 3.63) is 0 Å². The second-order valence-corrected chi connectivity index (χ2v) is 6.75. The van der Waals surface area contributed by atoms with Gasteiger partial charge in [-0.3, -0.25) is 9.69 Å². The molecule has 0 aliphatic rings. The smallest absolute Gasteiger partial charge is 0.236 e. The fourth-order valence-electron chi connectivity index (χ4n) is 2.76. The third kappa shape index (κ3) is 8.42. The third-order valence-electron chi connectivity index (χ3n) is 3.71. The van der Waals surface area contributed by atoms with Crippen molar-refractivity contribution in [2.24, 2.45) is 11.8 Å². The zero-order chi connectivity index (χ0) is 16.4. The average molecular weight is 300 g/mol. The van der Waals surface area contributed by atoms with Crippen LogP contribution in [0.3, 0.4) is 0 Å². The Balaban J connectivity index is 4.79. The highest BCUT2D eigenvalue weighted by Gasteiger charge is 2.22. The SMILES string of the molecule is CCC(CC)N(CCO)CC(=O)N(CC(C)C)CC(C)C. The first-order valence-electron chi connectivity index (χ1n) is 8.48. The minimum absolute atomic E-state index is 0.109. The summed E-state index contributed by atoms with van der Waals surface area (Å²) in [6, 6.07) is 0.376. The van der Waals surface area contributed by atoms with Crippen LogP contribution in [0.25, 0.3) is 0 Å². The fraction of sp³-hybridized carbons (Fsp3) is 0.941. The molecule has 0 heterocycles. The van der Waals surface area contributed by atoms with Crippen LogP contribution in [0.5, 0.6) is 0 Å². The van der Waals surface area contributed by atoms with Crippen molar-refractivity contribution in [2.75, 3.05) is 32.8 Å². The Bertz CT molecular complexity index is 266. The van der Waals surface area contributed by atoms with Crippen molar-refractivity contribution in [3.63, 3.8) is 0 Å². The molecule has 1 N–H and O–H groups in total. The van der Waals surface area contributed by atoms with Crippen LogP contribution in [-0.2, 0) is 4.79 Å². The van der Waals surface area contributed by atoms with Gasteiger partial charge in [-0.1, -0.05) is 41.5 Å². The van der Waals surface area contributed by atoms with Crippen molar-refractivity contribution >= 4 is 5.91 Å². The lowest BCUT2D eigenvalue weighted by Crippen LogP contribution is -2.47. The number of rotatable bonds is 11. The summed E-state index contributed by atoms with van der Waals surface area (Å²) in [5.74, 6) is 1.15. The Morgan fingerprint density at radius 2 is 1.48 bits per heavy atom. The number of aliphatic hydroxyl groups is 1. The quantitative estimate of drug-likeness (QED) is 0.638. The molecule has 0 spiro atoms. The van der Waals surface area contributed by atoms with E-state index in [0.717, 1.165) is 25.9 Å². The highest BCUT2D eigenvalue weighted by atomic mass is 16.3. The maximum absolute atomic E-state index is 12.6. The van der Waals surface area contributed by atoms with Gasteiger partial charge >= 0.3 is 0 Å². The Kier molecular flexibility index (Phi) is 10.7. The zero-order valence-electron chi connectivity index (χ0n) is 14.9. The molecule has 0 unspecified atom stereocenters. The fourth-order valence-corrected chi connectivity index (χ4v) is 2.76. The molecule has 0 bridgehead atoms. The largest absolute Gasteiger partial charge is 0.395 e. The van der Waals surface area contributed by atoms with Crippen LogP contribution in [-0.4, -0.2) is 59.6 Å². The van der Waals surface area contributed by atoms with E-state index in [9.17, 15) is 9.90 Å². The summed E-state index contributed by atoms with van der Waals surface area (Å²) in [5, 5.41) is 9.25. The van der Waals surface area contributed by atoms with Crippen LogP contribution in [0.4, 0.5) is 0 Å². The molecule has 0 aromatic rings. The van der Waals surface area contributed by atoms with E-state index >= 15 is 0 Å². The molecule has 0 aromatic heterocycles. The van der Waals surface area contributed by atoms with Crippen LogP contribution in [0.15, 0.2) is 0 Å². The lowest BCUT2D eigenvalue weighted by atomic mass is 10.1. The molecule has 1 amide bonds. The summed E-state index contributed by atoms with van der Waals surface area (Å²) in [5.41, 5.74) is 0. The van der Waals surface area contributed by atoms with Gasteiger partial charge < -0.3 is 10.0 Å². The molecule has 4 heteroatoms. The number of aliphatic hydroxyl groups excluding tert-OH is 1. The summed E-state index contributed by atoms with van der Waals surface area (Å²) >= 11 is 0. The first kappa shape index (κ1) is 20.4. The van der Waals surface area contributed by atoms with Crippen LogP contribution in [0.2, 0.25) is 0 Å². The van der Waals surface area contributed by atoms with Gasteiger partial charge in [0.1, 0.15) is 0 Å². The number of nitrogens with zero attached hydrogens (tertiary/aromatic N) is 2. The van der Waals surface area contributed by atoms with E-state index in [1.54, 1.807) is 0 Å². The van der Waals surface area contributed by atoms with Gasteiger partial charge in [0.15, 0.2) is 0 Å². The number of carbonyl (C=O) groups excluding carboxylic acids is 1. The summed E-state index contributed by atoms with van der Waals surface area (Å²) < 4.78 is 0. The molecule has 0 radical (unpaired) electrons. The normalized spacial score (nSPS) is 12.0. The van der Waals surface area contributed by atoms with E-state index in [4.69, 9.17) is 0 Å². The standard InChI is InChI=1S/C17H36N2O2/c1-7-16(8-2)18(9-10-20)13-17(21)19(11-14(3)4)12-15(5)6/h14-16,20H,7-13H2,1-6H3. The van der Waals surface area contributed by atoms with Gasteiger partial charge in [0.2, 0.25) is 5.91 Å². The Morgan fingerprint density at radius 1 is 1.00 bits per heavy atom. The maximum Gasteiger partial charge on any atom is 0.236 e. The van der Waals surface area contributed by atoms with E-state index in [1.807, 2.05) is 4.90 Å². The number of carbonyl (C=O) groups is 1. The number of hydrogen-bond donors (Lipinski definition) is 1. The molecule has 0 saturated carbocycles. The van der Waals surface area contributed by atoms with Gasteiger partial charge in [0.05, 0.1) is 13.2 Å². The average Bonchev–Trinajstić information content (AvgIpc) is 2.38. The molecule has 21 heavy (non-hydrogen) atoms. The Morgan fingerprint density at radius 3 is 1.81 bits per heavy atom. The highest BCUT2D eigenvalue weighted by molar-refractivity contribution is 5.78. The molecule has 0 atom stereocenters. The van der Waals surface area contributed by atoms with Gasteiger partial charge in [-0.25, -0.2) is 0 Å². The van der Waals surface area contributed by atoms with Crippen molar-refractivity contribution in [1.82, 2.24) is 9.80 Å². The molecule has 0 fully saturated rings. The molecule has 0 aliphatic heterocycles. The van der Waals surface area contributed by atoms with Gasteiger partial charge in [-0.2, -0.15) is 0 Å². The minimum atomic E-state index is 0.109. The summed E-state index contributed by atoms with van der Waals surface area (Å²) in [7, 11) is 0. The van der Waals surface area contributed by atoms with E-state index < -0.39 is 0 Å². The van der Waals surface area contributed by atoms with Gasteiger partial charge in [0, 0.05) is 25.7 Å². The predicted octanol–water partition coefficient (Wildman–Crippen LogP) is 2.61. The summed E-state index contributed by atoms with van der Waals surface area (Å²) in [4.78, 5) is 16.8. The molecule has 0 aliphatic carbocycles. The first-order chi connectivity index (χ1) is 9.85. The summed E-state index contributed by atoms with van der Waals surface area (Å²) in [6.07, 6.45) is 2.02. The lowest BCUT2D eigenvalue weighted by Gasteiger charge is -2.33. The van der Waals surface area contributed by atoms with Crippen molar-refractivity contribution in [2.45, 2.75) is 60.4 Å². The predicted molar refractivity (Wildman–Crippen MR) is 89.3 cm³/mol. The van der Waals surface area contributed by atoms with E-state index in [2.05, 4.69) is 46.4 Å². The molecule has 0 aromatic carbocycles. The van der Waals surface area contributed by atoms with Gasteiger partial charge in [-0.15, -0.1) is 0 Å². The van der Waals surface area contributed by atoms with Gasteiger partial charge in [0.25, 0.3) is 0 Å². The molecular weight excluding hydrogens is 264 g/mol. The molecule has 4 nitrogen and oxygen atoms in total. The Hall–Kier alpha value is -0.610. The minimum Gasteiger partial charge on any atom is -0.395 e. The Labute approximate surface area is 131 Å². The summed E-state index contributed by atoms with van der Waals surface area (Å²) in [6.45, 7) is 15.6. The van der Waals surface area contributed by atoms with Crippen molar-refractivity contribution < 1.29 is 9.90 Å². The van der Waals surface area contributed by atoms with Crippen molar-refractivity contribution in [1.29, 1.82) is 0 Å². The zero-order valence-corrected chi connectivity index (χ0v) is 14.9. The monoisotopic (exact) mass is 300 g/mol. The molecule has 0 rings (SSSR count). The van der Waals surface area contributed by atoms with E-state index in [-0.39, 0.29) is 12.5 Å². The maximum atomic E-state index is 12.6.